The Hall–Kier alpha value is -1.36. The summed E-state index contributed by atoms with van der Waals surface area (Å²) in [6.07, 6.45) is 1.56. The average molecular weight is 243 g/mol. The van der Waals surface area contributed by atoms with Gasteiger partial charge in [0, 0.05) is 6.42 Å². The number of hydrogen-bond acceptors (Lipinski definition) is 2. The summed E-state index contributed by atoms with van der Waals surface area (Å²) in [7, 11) is 0. The SMILES string of the molecule is NC1(c2c(F)ccc(F)c2F)CCCCC1=O. The van der Waals surface area contributed by atoms with Crippen LogP contribution in [0.3, 0.4) is 0 Å². The molecule has 2 N–H and O–H groups in total. The van der Waals surface area contributed by atoms with E-state index in [1.54, 1.807) is 0 Å². The third kappa shape index (κ3) is 1.84. The second-order valence-electron chi connectivity index (χ2n) is 4.32. The van der Waals surface area contributed by atoms with Gasteiger partial charge in [-0.05, 0) is 25.0 Å². The van der Waals surface area contributed by atoms with Crippen LogP contribution in [0, 0.1) is 17.5 Å². The van der Waals surface area contributed by atoms with Crippen LogP contribution in [0.1, 0.15) is 31.2 Å². The Morgan fingerprint density at radius 1 is 1.12 bits per heavy atom. The van der Waals surface area contributed by atoms with Crippen LogP contribution >= 0.6 is 0 Å². The van der Waals surface area contributed by atoms with Crippen LogP contribution in [0.4, 0.5) is 13.2 Å². The minimum atomic E-state index is -1.73. The molecule has 0 aliphatic heterocycles. The van der Waals surface area contributed by atoms with Crippen LogP contribution in [0.5, 0.6) is 0 Å². The number of Topliss-reactive ketones (excluding diaryl/α,β-unsaturated/α-hetero) is 1. The van der Waals surface area contributed by atoms with Crippen molar-refractivity contribution >= 4 is 5.78 Å². The normalized spacial score (nSPS) is 25.1. The Kier molecular flexibility index (Phi) is 2.95. The van der Waals surface area contributed by atoms with Crippen LogP contribution in [0.25, 0.3) is 0 Å². The molecular weight excluding hydrogens is 231 g/mol. The van der Waals surface area contributed by atoms with Gasteiger partial charge in [0.25, 0.3) is 0 Å². The molecule has 1 aliphatic carbocycles. The first-order valence-electron chi connectivity index (χ1n) is 5.43. The molecule has 1 atom stereocenters. The Morgan fingerprint density at radius 2 is 1.76 bits per heavy atom. The van der Waals surface area contributed by atoms with Gasteiger partial charge in [-0.1, -0.05) is 6.42 Å². The highest BCUT2D eigenvalue weighted by Gasteiger charge is 2.42. The lowest BCUT2D eigenvalue weighted by molar-refractivity contribution is -0.126. The lowest BCUT2D eigenvalue weighted by atomic mass is 9.76. The van der Waals surface area contributed by atoms with Crippen LogP contribution < -0.4 is 5.73 Å². The molecule has 2 rings (SSSR count). The third-order valence-corrected chi connectivity index (χ3v) is 3.21. The van der Waals surface area contributed by atoms with E-state index in [0.717, 1.165) is 6.07 Å². The monoisotopic (exact) mass is 243 g/mol. The lowest BCUT2D eigenvalue weighted by Gasteiger charge is -2.32. The molecule has 2 nitrogen and oxygen atoms in total. The predicted octanol–water partition coefficient (Wildman–Crippen LogP) is 2.40. The summed E-state index contributed by atoms with van der Waals surface area (Å²) >= 11 is 0. The van der Waals surface area contributed by atoms with Crippen molar-refractivity contribution in [2.45, 2.75) is 31.2 Å². The summed E-state index contributed by atoms with van der Waals surface area (Å²) in [5.41, 5.74) is 3.43. The van der Waals surface area contributed by atoms with E-state index in [9.17, 15) is 18.0 Å². The van der Waals surface area contributed by atoms with Gasteiger partial charge in [-0.15, -0.1) is 0 Å². The molecule has 5 heteroatoms. The predicted molar refractivity (Wildman–Crippen MR) is 55.7 cm³/mol. The minimum Gasteiger partial charge on any atom is -0.315 e. The first kappa shape index (κ1) is 12.1. The molecule has 17 heavy (non-hydrogen) atoms. The molecule has 0 heterocycles. The lowest BCUT2D eigenvalue weighted by Crippen LogP contribution is -2.48. The fraction of sp³-hybridized carbons (Fsp3) is 0.417. The van der Waals surface area contributed by atoms with Crippen molar-refractivity contribution in [3.8, 4) is 0 Å². The molecule has 0 bridgehead atoms. The molecule has 1 fully saturated rings. The van der Waals surface area contributed by atoms with E-state index < -0.39 is 34.3 Å². The van der Waals surface area contributed by atoms with E-state index in [1.165, 1.54) is 0 Å². The van der Waals surface area contributed by atoms with Crippen molar-refractivity contribution in [1.82, 2.24) is 0 Å². The quantitative estimate of drug-likeness (QED) is 0.769. The number of halogens is 3. The van der Waals surface area contributed by atoms with Gasteiger partial charge < -0.3 is 5.73 Å². The van der Waals surface area contributed by atoms with Gasteiger partial charge in [-0.25, -0.2) is 13.2 Å². The Balaban J connectivity index is 2.59. The highest BCUT2D eigenvalue weighted by Crippen LogP contribution is 2.35. The molecule has 0 radical (unpaired) electrons. The van der Waals surface area contributed by atoms with Crippen molar-refractivity contribution in [2.75, 3.05) is 0 Å². The van der Waals surface area contributed by atoms with Gasteiger partial charge in [0.2, 0.25) is 0 Å². The summed E-state index contributed by atoms with van der Waals surface area (Å²) in [4.78, 5) is 11.8. The second kappa shape index (κ2) is 4.14. The maximum atomic E-state index is 13.6. The topological polar surface area (TPSA) is 43.1 Å². The van der Waals surface area contributed by atoms with Gasteiger partial charge in [0.15, 0.2) is 17.4 Å². The summed E-state index contributed by atoms with van der Waals surface area (Å²) in [5.74, 6) is -3.96. The summed E-state index contributed by atoms with van der Waals surface area (Å²) < 4.78 is 40.3. The van der Waals surface area contributed by atoms with E-state index >= 15 is 0 Å². The van der Waals surface area contributed by atoms with Crippen molar-refractivity contribution in [3.63, 3.8) is 0 Å². The smallest absolute Gasteiger partial charge is 0.167 e. The fourth-order valence-electron chi connectivity index (χ4n) is 2.25. The molecule has 0 aromatic heterocycles. The van der Waals surface area contributed by atoms with Gasteiger partial charge in [-0.2, -0.15) is 0 Å². The van der Waals surface area contributed by atoms with Crippen LogP contribution in [0.2, 0.25) is 0 Å². The zero-order valence-corrected chi connectivity index (χ0v) is 9.10. The van der Waals surface area contributed by atoms with Crippen molar-refractivity contribution in [3.05, 3.63) is 35.1 Å². The molecule has 0 spiro atoms. The average Bonchev–Trinajstić information content (AvgIpc) is 2.28. The van der Waals surface area contributed by atoms with Crippen LogP contribution in [-0.4, -0.2) is 5.78 Å². The summed E-state index contributed by atoms with van der Waals surface area (Å²) in [6, 6.07) is 1.48. The highest BCUT2D eigenvalue weighted by atomic mass is 19.2. The molecule has 0 saturated heterocycles. The standard InChI is InChI=1S/C12H12F3NO/c13-7-4-5-8(14)11(15)10(7)12(16)6-2-1-3-9(12)17/h4-5H,1-3,6,16H2. The zero-order chi connectivity index (χ0) is 12.6. The van der Waals surface area contributed by atoms with Crippen LogP contribution in [-0.2, 0) is 10.3 Å². The molecule has 1 aliphatic rings. The van der Waals surface area contributed by atoms with E-state index in [1.807, 2.05) is 0 Å². The van der Waals surface area contributed by atoms with Gasteiger partial charge in [0.1, 0.15) is 11.4 Å². The second-order valence-corrected chi connectivity index (χ2v) is 4.32. The Labute approximate surface area is 96.6 Å². The van der Waals surface area contributed by atoms with E-state index in [4.69, 9.17) is 5.73 Å². The van der Waals surface area contributed by atoms with E-state index in [0.29, 0.717) is 18.9 Å². The number of carbonyl (C=O) groups is 1. The molecule has 92 valence electrons. The summed E-state index contributed by atoms with van der Waals surface area (Å²) in [6.45, 7) is 0. The fourth-order valence-corrected chi connectivity index (χ4v) is 2.25. The van der Waals surface area contributed by atoms with Gasteiger partial charge in [-0.3, -0.25) is 4.79 Å². The number of carbonyl (C=O) groups excluding carboxylic acids is 1. The molecule has 1 aromatic carbocycles. The van der Waals surface area contributed by atoms with Crippen LogP contribution in [0.15, 0.2) is 12.1 Å². The van der Waals surface area contributed by atoms with Gasteiger partial charge in [0.05, 0.1) is 5.56 Å². The molecule has 1 aromatic rings. The Bertz CT molecular complexity index is 475. The van der Waals surface area contributed by atoms with E-state index in [-0.39, 0.29) is 12.8 Å². The summed E-state index contributed by atoms with van der Waals surface area (Å²) in [5, 5.41) is 0. The first-order chi connectivity index (χ1) is 7.97. The number of rotatable bonds is 1. The molecular formula is C12H12F3NO. The third-order valence-electron chi connectivity index (χ3n) is 3.21. The molecule has 1 saturated carbocycles. The van der Waals surface area contributed by atoms with Crippen molar-refractivity contribution in [2.24, 2.45) is 5.73 Å². The van der Waals surface area contributed by atoms with E-state index in [2.05, 4.69) is 0 Å². The highest BCUT2D eigenvalue weighted by molar-refractivity contribution is 5.90. The maximum Gasteiger partial charge on any atom is 0.167 e. The number of ketones is 1. The molecule has 1 unspecified atom stereocenters. The van der Waals surface area contributed by atoms with Gasteiger partial charge >= 0.3 is 0 Å². The molecule has 0 amide bonds. The number of hydrogen-bond donors (Lipinski definition) is 1. The zero-order valence-electron chi connectivity index (χ0n) is 9.10. The van der Waals surface area contributed by atoms with Crippen molar-refractivity contribution < 1.29 is 18.0 Å². The first-order valence-corrected chi connectivity index (χ1v) is 5.43. The van der Waals surface area contributed by atoms with Crippen molar-refractivity contribution in [1.29, 1.82) is 0 Å². The maximum absolute atomic E-state index is 13.6. The minimum absolute atomic E-state index is 0.142. The largest absolute Gasteiger partial charge is 0.315 e. The number of benzene rings is 1. The Morgan fingerprint density at radius 3 is 2.41 bits per heavy atom. The number of nitrogens with two attached hydrogens (primary N) is 1.